The van der Waals surface area contributed by atoms with Gasteiger partial charge in [0.1, 0.15) is 0 Å². The van der Waals surface area contributed by atoms with Crippen molar-refractivity contribution in [1.82, 2.24) is 10.2 Å². The van der Waals surface area contributed by atoms with Gasteiger partial charge in [-0.25, -0.2) is 4.79 Å². The number of amides is 2. The molecule has 1 aromatic carbocycles. The summed E-state index contributed by atoms with van der Waals surface area (Å²) in [5.41, 5.74) is 7.74. The van der Waals surface area contributed by atoms with Gasteiger partial charge < -0.3 is 16.0 Å². The lowest BCUT2D eigenvalue weighted by atomic mass is 9.96. The van der Waals surface area contributed by atoms with E-state index in [0.717, 1.165) is 24.1 Å². The number of benzene rings is 1. The van der Waals surface area contributed by atoms with Crippen LogP contribution < -0.4 is 11.1 Å². The van der Waals surface area contributed by atoms with Crippen molar-refractivity contribution in [1.29, 1.82) is 0 Å². The fourth-order valence-electron chi connectivity index (χ4n) is 2.86. The molecule has 4 nitrogen and oxygen atoms in total. The van der Waals surface area contributed by atoms with Gasteiger partial charge in [-0.1, -0.05) is 37.5 Å². The van der Waals surface area contributed by atoms with Crippen LogP contribution >= 0.6 is 0 Å². The lowest BCUT2D eigenvalue weighted by molar-refractivity contribution is 0.172. The van der Waals surface area contributed by atoms with E-state index in [-0.39, 0.29) is 12.1 Å². The van der Waals surface area contributed by atoms with Crippen molar-refractivity contribution in [3.05, 3.63) is 29.8 Å². The first-order valence-corrected chi connectivity index (χ1v) is 7.98. The van der Waals surface area contributed by atoms with E-state index in [1.165, 1.54) is 19.3 Å². The van der Waals surface area contributed by atoms with Crippen molar-refractivity contribution >= 4 is 11.7 Å². The summed E-state index contributed by atoms with van der Waals surface area (Å²) in [5.74, 6) is 0. The second kappa shape index (κ2) is 7.34. The number of nitrogens with zero attached hydrogens (tertiary/aromatic N) is 1. The Balaban J connectivity index is 2.00. The predicted molar refractivity (Wildman–Crippen MR) is 86.9 cm³/mol. The molecule has 0 unspecified atom stereocenters. The van der Waals surface area contributed by atoms with E-state index in [9.17, 15) is 4.79 Å². The molecule has 0 spiro atoms. The minimum Gasteiger partial charge on any atom is -0.398 e. The lowest BCUT2D eigenvalue weighted by Crippen LogP contribution is -2.47. The van der Waals surface area contributed by atoms with Crippen LogP contribution in [0, 0.1) is 0 Å². The number of nitrogens with one attached hydrogen (secondary N) is 1. The first-order valence-electron chi connectivity index (χ1n) is 7.98. The number of anilines is 1. The minimum absolute atomic E-state index is 0.0279. The molecular weight excluding hydrogens is 262 g/mol. The van der Waals surface area contributed by atoms with Gasteiger partial charge in [-0.15, -0.1) is 0 Å². The second-order valence-electron chi connectivity index (χ2n) is 6.20. The average molecular weight is 289 g/mol. The molecule has 4 heteroatoms. The van der Waals surface area contributed by atoms with Gasteiger partial charge in [0.15, 0.2) is 0 Å². The molecule has 3 N–H and O–H groups in total. The molecule has 1 saturated carbocycles. The van der Waals surface area contributed by atoms with Crippen molar-refractivity contribution in [2.45, 2.75) is 64.6 Å². The van der Waals surface area contributed by atoms with Crippen LogP contribution in [-0.2, 0) is 6.54 Å². The minimum atomic E-state index is 0.0279. The van der Waals surface area contributed by atoms with Gasteiger partial charge in [0.2, 0.25) is 0 Å². The molecular formula is C17H27N3O. The van der Waals surface area contributed by atoms with Crippen molar-refractivity contribution < 1.29 is 4.79 Å². The maximum atomic E-state index is 12.5. The number of hydrogen-bond donors (Lipinski definition) is 2. The van der Waals surface area contributed by atoms with E-state index in [1.54, 1.807) is 0 Å². The number of rotatable bonds is 4. The summed E-state index contributed by atoms with van der Waals surface area (Å²) in [6, 6.07) is 8.25. The Kier molecular flexibility index (Phi) is 5.48. The number of nitrogen functional groups attached to an aromatic ring is 1. The number of nitrogens with two attached hydrogens (primary N) is 1. The Morgan fingerprint density at radius 1 is 1.29 bits per heavy atom. The van der Waals surface area contributed by atoms with E-state index >= 15 is 0 Å². The topological polar surface area (TPSA) is 58.4 Å². The molecule has 0 bridgehead atoms. The largest absolute Gasteiger partial charge is 0.398 e. The SMILES string of the molecule is CC(C)N(Cc1ccccc1N)C(=O)NC1CCCCC1. The van der Waals surface area contributed by atoms with E-state index in [1.807, 2.05) is 43.0 Å². The third kappa shape index (κ3) is 4.38. The highest BCUT2D eigenvalue weighted by atomic mass is 16.2. The van der Waals surface area contributed by atoms with Crippen molar-refractivity contribution in [3.8, 4) is 0 Å². The van der Waals surface area contributed by atoms with Crippen LogP contribution in [0.3, 0.4) is 0 Å². The molecule has 0 aliphatic heterocycles. The van der Waals surface area contributed by atoms with Crippen LogP contribution in [0.1, 0.15) is 51.5 Å². The molecule has 21 heavy (non-hydrogen) atoms. The van der Waals surface area contributed by atoms with Crippen LogP contribution in [0.2, 0.25) is 0 Å². The monoisotopic (exact) mass is 289 g/mol. The summed E-state index contributed by atoms with van der Waals surface area (Å²) >= 11 is 0. The first-order chi connectivity index (χ1) is 10.1. The third-order valence-electron chi connectivity index (χ3n) is 4.21. The molecule has 1 aliphatic rings. The zero-order valence-corrected chi connectivity index (χ0v) is 13.1. The molecule has 0 aromatic heterocycles. The fraction of sp³-hybridized carbons (Fsp3) is 0.588. The molecule has 2 amide bonds. The molecule has 0 radical (unpaired) electrons. The zero-order valence-electron chi connectivity index (χ0n) is 13.1. The smallest absolute Gasteiger partial charge is 0.318 e. The molecule has 0 heterocycles. The van der Waals surface area contributed by atoms with Gasteiger partial charge in [0, 0.05) is 24.3 Å². The van der Waals surface area contributed by atoms with E-state index in [0.29, 0.717) is 12.6 Å². The highest BCUT2D eigenvalue weighted by Crippen LogP contribution is 2.19. The number of carbonyl (C=O) groups is 1. The number of para-hydroxylation sites is 1. The quantitative estimate of drug-likeness (QED) is 0.833. The van der Waals surface area contributed by atoms with Crippen LogP contribution in [0.5, 0.6) is 0 Å². The summed E-state index contributed by atoms with van der Waals surface area (Å²) in [5, 5.41) is 3.19. The number of carbonyl (C=O) groups excluding carboxylic acids is 1. The van der Waals surface area contributed by atoms with E-state index in [2.05, 4.69) is 5.32 Å². The van der Waals surface area contributed by atoms with Crippen molar-refractivity contribution in [3.63, 3.8) is 0 Å². The predicted octanol–water partition coefficient (Wildman–Crippen LogP) is 3.52. The molecule has 2 rings (SSSR count). The number of hydrogen-bond acceptors (Lipinski definition) is 2. The lowest BCUT2D eigenvalue weighted by Gasteiger charge is -2.31. The Labute approximate surface area is 127 Å². The maximum absolute atomic E-state index is 12.5. The standard InChI is InChI=1S/C17H27N3O/c1-13(2)20(12-14-8-6-7-11-16(14)18)17(21)19-15-9-4-3-5-10-15/h6-8,11,13,15H,3-5,9-10,12,18H2,1-2H3,(H,19,21). The van der Waals surface area contributed by atoms with Gasteiger partial charge >= 0.3 is 6.03 Å². The molecule has 1 aliphatic carbocycles. The summed E-state index contributed by atoms with van der Waals surface area (Å²) in [7, 11) is 0. The molecule has 1 aromatic rings. The summed E-state index contributed by atoms with van der Waals surface area (Å²) in [6.45, 7) is 4.64. The van der Waals surface area contributed by atoms with Crippen molar-refractivity contribution in [2.24, 2.45) is 0 Å². The van der Waals surface area contributed by atoms with Crippen LogP contribution in [0.4, 0.5) is 10.5 Å². The van der Waals surface area contributed by atoms with Crippen molar-refractivity contribution in [2.75, 3.05) is 5.73 Å². The average Bonchev–Trinajstić information content (AvgIpc) is 2.47. The highest BCUT2D eigenvalue weighted by molar-refractivity contribution is 5.75. The fourth-order valence-corrected chi connectivity index (χ4v) is 2.86. The Bertz CT molecular complexity index is 467. The van der Waals surface area contributed by atoms with Gasteiger partial charge in [0.05, 0.1) is 0 Å². The summed E-state index contributed by atoms with van der Waals surface area (Å²) in [4.78, 5) is 14.4. The second-order valence-corrected chi connectivity index (χ2v) is 6.20. The summed E-state index contributed by atoms with van der Waals surface area (Å²) in [6.07, 6.45) is 5.94. The summed E-state index contributed by atoms with van der Waals surface area (Å²) < 4.78 is 0. The van der Waals surface area contributed by atoms with E-state index < -0.39 is 0 Å². The Morgan fingerprint density at radius 2 is 1.95 bits per heavy atom. The molecule has 1 fully saturated rings. The normalized spacial score (nSPS) is 16.0. The van der Waals surface area contributed by atoms with Gasteiger partial charge in [-0.05, 0) is 38.3 Å². The third-order valence-corrected chi connectivity index (χ3v) is 4.21. The number of urea groups is 1. The van der Waals surface area contributed by atoms with Crippen LogP contribution in [0.25, 0.3) is 0 Å². The maximum Gasteiger partial charge on any atom is 0.318 e. The first kappa shape index (κ1) is 15.7. The van der Waals surface area contributed by atoms with Crippen LogP contribution in [-0.4, -0.2) is 23.0 Å². The zero-order chi connectivity index (χ0) is 15.2. The molecule has 116 valence electrons. The molecule has 0 saturated heterocycles. The van der Waals surface area contributed by atoms with Gasteiger partial charge in [0.25, 0.3) is 0 Å². The van der Waals surface area contributed by atoms with Gasteiger partial charge in [-0.3, -0.25) is 0 Å². The highest BCUT2D eigenvalue weighted by Gasteiger charge is 2.22. The molecule has 0 atom stereocenters. The Morgan fingerprint density at radius 3 is 2.57 bits per heavy atom. The van der Waals surface area contributed by atoms with Crippen LogP contribution in [0.15, 0.2) is 24.3 Å². The van der Waals surface area contributed by atoms with E-state index in [4.69, 9.17) is 5.73 Å². The van der Waals surface area contributed by atoms with Gasteiger partial charge in [-0.2, -0.15) is 0 Å². The Hall–Kier alpha value is -1.71.